The minimum atomic E-state index is -4.13. The SMILES string of the molecule is CCn1c(=O)oc(=O)c2cc(S(=O)(=O)Nc3ccccc3F)ccc21. The number of aryl methyl sites for hydroxylation is 1. The zero-order valence-corrected chi connectivity index (χ0v) is 13.8. The van der Waals surface area contributed by atoms with Crippen LogP contribution in [0.2, 0.25) is 0 Å². The van der Waals surface area contributed by atoms with E-state index in [1.54, 1.807) is 6.92 Å². The fourth-order valence-corrected chi connectivity index (χ4v) is 3.51. The molecule has 130 valence electrons. The highest BCUT2D eigenvalue weighted by Gasteiger charge is 2.18. The molecule has 0 fully saturated rings. The fraction of sp³-hybridized carbons (Fsp3) is 0.125. The molecule has 0 bridgehead atoms. The van der Waals surface area contributed by atoms with E-state index in [0.29, 0.717) is 0 Å². The van der Waals surface area contributed by atoms with Crippen molar-refractivity contribution in [3.8, 4) is 0 Å². The first-order valence-electron chi connectivity index (χ1n) is 7.28. The molecule has 0 saturated carbocycles. The smallest absolute Gasteiger partial charge is 0.372 e. The number of aromatic nitrogens is 1. The highest BCUT2D eigenvalue weighted by atomic mass is 32.2. The Morgan fingerprint density at radius 1 is 1.16 bits per heavy atom. The number of sulfonamides is 1. The van der Waals surface area contributed by atoms with Crippen LogP contribution in [0.1, 0.15) is 6.92 Å². The van der Waals surface area contributed by atoms with Crippen molar-refractivity contribution in [1.29, 1.82) is 0 Å². The van der Waals surface area contributed by atoms with Crippen LogP contribution in [0.3, 0.4) is 0 Å². The number of nitrogens with one attached hydrogen (secondary N) is 1. The lowest BCUT2D eigenvalue weighted by molar-refractivity contribution is 0.421. The van der Waals surface area contributed by atoms with Crippen molar-refractivity contribution in [2.24, 2.45) is 0 Å². The van der Waals surface area contributed by atoms with E-state index in [2.05, 4.69) is 9.14 Å². The molecule has 0 saturated heterocycles. The molecule has 0 aliphatic heterocycles. The summed E-state index contributed by atoms with van der Waals surface area (Å²) < 4.78 is 46.5. The predicted octanol–water partition coefficient (Wildman–Crippen LogP) is 1.91. The summed E-state index contributed by atoms with van der Waals surface area (Å²) in [5, 5.41) is -0.0575. The van der Waals surface area contributed by atoms with Gasteiger partial charge < -0.3 is 4.42 Å². The van der Waals surface area contributed by atoms with Gasteiger partial charge in [-0.1, -0.05) is 12.1 Å². The van der Waals surface area contributed by atoms with Crippen molar-refractivity contribution in [1.82, 2.24) is 4.57 Å². The summed E-state index contributed by atoms with van der Waals surface area (Å²) in [6.45, 7) is 1.93. The second-order valence-corrected chi connectivity index (χ2v) is 6.85. The average Bonchev–Trinajstić information content (AvgIpc) is 2.57. The summed E-state index contributed by atoms with van der Waals surface area (Å²) in [5.74, 6) is -1.55. The lowest BCUT2D eigenvalue weighted by Gasteiger charge is -2.10. The summed E-state index contributed by atoms with van der Waals surface area (Å²) in [4.78, 5) is 23.3. The summed E-state index contributed by atoms with van der Waals surface area (Å²) >= 11 is 0. The quantitative estimate of drug-likeness (QED) is 0.763. The van der Waals surface area contributed by atoms with Crippen molar-refractivity contribution in [2.75, 3.05) is 4.72 Å². The summed E-state index contributed by atoms with van der Waals surface area (Å²) in [7, 11) is -4.13. The van der Waals surface area contributed by atoms with Crippen molar-refractivity contribution in [3.05, 3.63) is 69.3 Å². The first kappa shape index (κ1) is 16.9. The van der Waals surface area contributed by atoms with Crippen LogP contribution in [0.25, 0.3) is 10.9 Å². The molecule has 25 heavy (non-hydrogen) atoms. The van der Waals surface area contributed by atoms with Crippen molar-refractivity contribution in [2.45, 2.75) is 18.4 Å². The molecular formula is C16H13FN2O5S. The predicted molar refractivity (Wildman–Crippen MR) is 89.6 cm³/mol. The van der Waals surface area contributed by atoms with Crippen LogP contribution in [0.15, 0.2) is 61.4 Å². The van der Waals surface area contributed by atoms with Crippen LogP contribution < -0.4 is 16.1 Å². The van der Waals surface area contributed by atoms with Gasteiger partial charge in [-0.2, -0.15) is 0 Å². The van der Waals surface area contributed by atoms with Gasteiger partial charge in [0.25, 0.3) is 10.0 Å². The monoisotopic (exact) mass is 364 g/mol. The van der Waals surface area contributed by atoms with Gasteiger partial charge in [-0.05, 0) is 37.3 Å². The van der Waals surface area contributed by atoms with Gasteiger partial charge in [0.05, 0.1) is 21.5 Å². The van der Waals surface area contributed by atoms with Gasteiger partial charge in [0.15, 0.2) is 0 Å². The second kappa shape index (κ2) is 6.17. The lowest BCUT2D eigenvalue weighted by Crippen LogP contribution is -2.24. The van der Waals surface area contributed by atoms with Crippen LogP contribution in [-0.4, -0.2) is 13.0 Å². The third-order valence-electron chi connectivity index (χ3n) is 3.62. The zero-order chi connectivity index (χ0) is 18.2. The highest BCUT2D eigenvalue weighted by molar-refractivity contribution is 7.92. The van der Waals surface area contributed by atoms with Gasteiger partial charge in [0.2, 0.25) is 0 Å². The Balaban J connectivity index is 2.15. The van der Waals surface area contributed by atoms with E-state index < -0.39 is 27.2 Å². The molecule has 3 aromatic rings. The zero-order valence-electron chi connectivity index (χ0n) is 13.0. The summed E-state index contributed by atoms with van der Waals surface area (Å²) in [6.07, 6.45) is 0. The number of para-hydroxylation sites is 1. The van der Waals surface area contributed by atoms with Crippen LogP contribution in [0.4, 0.5) is 10.1 Å². The molecule has 1 aromatic heterocycles. The minimum absolute atomic E-state index is 0.0575. The molecule has 0 atom stereocenters. The maximum Gasteiger partial charge on any atom is 0.422 e. The third kappa shape index (κ3) is 3.05. The molecule has 1 heterocycles. The van der Waals surface area contributed by atoms with Gasteiger partial charge in [-0.3, -0.25) is 9.29 Å². The van der Waals surface area contributed by atoms with E-state index in [4.69, 9.17) is 0 Å². The van der Waals surface area contributed by atoms with E-state index in [-0.39, 0.29) is 28.0 Å². The molecule has 7 nitrogen and oxygen atoms in total. The summed E-state index contributed by atoms with van der Waals surface area (Å²) in [5.41, 5.74) is -0.894. The molecule has 0 spiro atoms. The maximum atomic E-state index is 13.7. The van der Waals surface area contributed by atoms with Crippen LogP contribution >= 0.6 is 0 Å². The highest BCUT2D eigenvalue weighted by Crippen LogP contribution is 2.21. The molecule has 0 amide bonds. The number of benzene rings is 2. The van der Waals surface area contributed by atoms with E-state index in [1.807, 2.05) is 0 Å². The molecule has 0 radical (unpaired) electrons. The van der Waals surface area contributed by atoms with Gasteiger partial charge in [-0.25, -0.2) is 22.4 Å². The number of hydrogen-bond donors (Lipinski definition) is 1. The Kier molecular flexibility index (Phi) is 4.17. The Morgan fingerprint density at radius 2 is 1.88 bits per heavy atom. The fourth-order valence-electron chi connectivity index (χ4n) is 2.42. The molecule has 0 unspecified atom stereocenters. The maximum absolute atomic E-state index is 13.7. The standard InChI is InChI=1S/C16H13FN2O5S/c1-2-19-14-8-7-10(9-11(14)15(20)24-16(19)21)25(22,23)18-13-6-4-3-5-12(13)17/h3-9,18H,2H2,1H3. The van der Waals surface area contributed by atoms with Crippen molar-refractivity contribution < 1.29 is 17.2 Å². The molecule has 0 aliphatic carbocycles. The topological polar surface area (TPSA) is 98.4 Å². The Labute approximate surface area is 141 Å². The molecule has 2 aromatic carbocycles. The Morgan fingerprint density at radius 3 is 2.56 bits per heavy atom. The molecule has 1 N–H and O–H groups in total. The number of nitrogens with zero attached hydrogens (tertiary/aromatic N) is 1. The first-order chi connectivity index (χ1) is 11.8. The lowest BCUT2D eigenvalue weighted by atomic mass is 10.2. The molecular weight excluding hydrogens is 351 g/mol. The second-order valence-electron chi connectivity index (χ2n) is 5.16. The minimum Gasteiger partial charge on any atom is -0.372 e. The number of hydrogen-bond acceptors (Lipinski definition) is 5. The number of fused-ring (bicyclic) bond motifs is 1. The van der Waals surface area contributed by atoms with Gasteiger partial charge >= 0.3 is 11.4 Å². The van der Waals surface area contributed by atoms with Crippen molar-refractivity contribution >= 4 is 26.6 Å². The van der Waals surface area contributed by atoms with Crippen LogP contribution in [-0.2, 0) is 16.6 Å². The molecule has 9 heteroatoms. The van der Waals surface area contributed by atoms with Gasteiger partial charge in [0.1, 0.15) is 5.82 Å². The number of anilines is 1. The van der Waals surface area contributed by atoms with E-state index >= 15 is 0 Å². The average molecular weight is 364 g/mol. The Hall–Kier alpha value is -2.94. The van der Waals surface area contributed by atoms with Gasteiger partial charge in [0, 0.05) is 6.54 Å². The third-order valence-corrected chi connectivity index (χ3v) is 4.99. The summed E-state index contributed by atoms with van der Waals surface area (Å²) in [6, 6.07) is 8.97. The van der Waals surface area contributed by atoms with E-state index in [0.717, 1.165) is 12.1 Å². The first-order valence-corrected chi connectivity index (χ1v) is 8.77. The molecule has 0 aliphatic rings. The Bertz CT molecular complexity index is 1180. The van der Waals surface area contributed by atoms with Crippen LogP contribution in [0, 0.1) is 5.82 Å². The molecule has 3 rings (SSSR count). The normalized spacial score (nSPS) is 11.6. The van der Waals surface area contributed by atoms with Crippen molar-refractivity contribution in [3.63, 3.8) is 0 Å². The largest absolute Gasteiger partial charge is 0.422 e. The van der Waals surface area contributed by atoms with E-state index in [9.17, 15) is 22.4 Å². The van der Waals surface area contributed by atoms with Gasteiger partial charge in [-0.15, -0.1) is 0 Å². The van der Waals surface area contributed by atoms with Crippen LogP contribution in [0.5, 0.6) is 0 Å². The van der Waals surface area contributed by atoms with E-state index in [1.165, 1.54) is 34.9 Å². The number of halogens is 1. The number of rotatable bonds is 4.